The second kappa shape index (κ2) is 6.04. The molecule has 3 rings (SSSR count). The smallest absolute Gasteiger partial charge is 0.231 e. The van der Waals surface area contributed by atoms with E-state index in [1.54, 1.807) is 23.4 Å². The molecule has 0 spiro atoms. The highest BCUT2D eigenvalue weighted by Gasteiger charge is 2.25. The van der Waals surface area contributed by atoms with Gasteiger partial charge in [0.25, 0.3) is 0 Å². The van der Waals surface area contributed by atoms with Gasteiger partial charge in [-0.15, -0.1) is 0 Å². The first-order valence-corrected chi connectivity index (χ1v) is 7.67. The molecule has 1 aromatic heterocycles. The maximum absolute atomic E-state index is 13.6. The fourth-order valence-corrected chi connectivity index (χ4v) is 2.74. The summed E-state index contributed by atoms with van der Waals surface area (Å²) in [5, 5.41) is 0. The summed E-state index contributed by atoms with van der Waals surface area (Å²) in [7, 11) is 0. The molecule has 0 aliphatic carbocycles. The van der Waals surface area contributed by atoms with E-state index in [-0.39, 0.29) is 12.3 Å². The molecule has 2 heterocycles. The van der Waals surface area contributed by atoms with Gasteiger partial charge in [-0.25, -0.2) is 4.39 Å². The minimum absolute atomic E-state index is 0.0563. The van der Waals surface area contributed by atoms with Crippen molar-refractivity contribution in [3.63, 3.8) is 0 Å². The van der Waals surface area contributed by atoms with Crippen molar-refractivity contribution in [1.29, 1.82) is 0 Å². The van der Waals surface area contributed by atoms with Crippen LogP contribution in [-0.4, -0.2) is 24.0 Å². The zero-order valence-electron chi connectivity index (χ0n) is 12.0. The lowest BCUT2D eigenvalue weighted by Gasteiger charge is -2.30. The minimum Gasteiger partial charge on any atom is -0.489 e. The maximum Gasteiger partial charge on any atom is 0.231 e. The molecule has 0 radical (unpaired) electrons. The van der Waals surface area contributed by atoms with Gasteiger partial charge in [-0.05, 0) is 46.1 Å². The maximum atomic E-state index is 13.6. The fourth-order valence-electron chi connectivity index (χ4n) is 2.41. The van der Waals surface area contributed by atoms with E-state index in [9.17, 15) is 9.18 Å². The molecule has 1 aromatic carbocycles. The van der Waals surface area contributed by atoms with Gasteiger partial charge in [0, 0.05) is 18.5 Å². The molecular formula is C16H14BrFN2O2. The molecule has 0 saturated carbocycles. The number of nitrogens with zero attached hydrogens (tertiary/aromatic N) is 2. The van der Waals surface area contributed by atoms with E-state index in [2.05, 4.69) is 20.9 Å². The summed E-state index contributed by atoms with van der Waals surface area (Å²) < 4.78 is 19.4. The molecule has 0 atom stereocenters. The van der Waals surface area contributed by atoms with Gasteiger partial charge in [-0.1, -0.05) is 0 Å². The predicted molar refractivity (Wildman–Crippen MR) is 84.6 cm³/mol. The highest BCUT2D eigenvalue weighted by molar-refractivity contribution is 9.10. The lowest BCUT2D eigenvalue weighted by Crippen LogP contribution is -2.39. The quantitative estimate of drug-likeness (QED) is 0.821. The molecule has 1 aliphatic rings. The molecule has 1 amide bonds. The number of ether oxygens (including phenoxy) is 1. The Hall–Kier alpha value is -1.95. The van der Waals surface area contributed by atoms with E-state index >= 15 is 0 Å². The Bertz CT molecular complexity index is 736. The second-order valence-corrected chi connectivity index (χ2v) is 5.96. The van der Waals surface area contributed by atoms with E-state index < -0.39 is 5.82 Å². The van der Waals surface area contributed by atoms with E-state index in [1.165, 1.54) is 6.07 Å². The van der Waals surface area contributed by atoms with Crippen LogP contribution in [-0.2, 0) is 11.2 Å². The van der Waals surface area contributed by atoms with Crippen LogP contribution in [0.15, 0.2) is 35.1 Å². The van der Waals surface area contributed by atoms with Crippen molar-refractivity contribution in [1.82, 2.24) is 4.98 Å². The number of aryl methyl sites for hydroxylation is 1. The van der Waals surface area contributed by atoms with Gasteiger partial charge >= 0.3 is 0 Å². The van der Waals surface area contributed by atoms with Crippen LogP contribution in [0, 0.1) is 12.7 Å². The third-order valence-electron chi connectivity index (χ3n) is 3.66. The molecule has 6 heteroatoms. The number of pyridine rings is 1. The third-order valence-corrected chi connectivity index (χ3v) is 4.26. The van der Waals surface area contributed by atoms with E-state index in [0.29, 0.717) is 29.1 Å². The van der Waals surface area contributed by atoms with Gasteiger partial charge in [0.2, 0.25) is 5.91 Å². The number of fused-ring (bicyclic) bond motifs is 1. The molecular weight excluding hydrogens is 351 g/mol. The van der Waals surface area contributed by atoms with Crippen molar-refractivity contribution in [2.45, 2.75) is 13.3 Å². The van der Waals surface area contributed by atoms with Crippen LogP contribution in [0.25, 0.3) is 0 Å². The molecule has 0 fully saturated rings. The van der Waals surface area contributed by atoms with Gasteiger partial charge in [-0.2, -0.15) is 0 Å². The topological polar surface area (TPSA) is 42.4 Å². The summed E-state index contributed by atoms with van der Waals surface area (Å²) >= 11 is 3.15. The van der Waals surface area contributed by atoms with Crippen LogP contribution < -0.4 is 9.64 Å². The predicted octanol–water partition coefficient (Wildman–Crippen LogP) is 3.26. The molecule has 22 heavy (non-hydrogen) atoms. The molecule has 0 bridgehead atoms. The summed E-state index contributed by atoms with van der Waals surface area (Å²) in [5.74, 6) is -0.0708. The van der Waals surface area contributed by atoms with Crippen LogP contribution in [0.1, 0.15) is 11.1 Å². The number of carbonyl (C=O) groups excluding carboxylic acids is 1. The molecule has 0 saturated heterocycles. The van der Waals surface area contributed by atoms with E-state index in [0.717, 1.165) is 11.1 Å². The van der Waals surface area contributed by atoms with Crippen molar-refractivity contribution in [2.24, 2.45) is 0 Å². The number of aromatic nitrogens is 1. The molecule has 4 nitrogen and oxygen atoms in total. The zero-order chi connectivity index (χ0) is 15.7. The number of hydrogen-bond donors (Lipinski definition) is 0. The van der Waals surface area contributed by atoms with Crippen LogP contribution >= 0.6 is 15.9 Å². The average Bonchev–Trinajstić information content (AvgIpc) is 2.50. The molecule has 0 N–H and O–H groups in total. The normalized spacial score (nSPS) is 13.5. The number of hydrogen-bond acceptors (Lipinski definition) is 3. The van der Waals surface area contributed by atoms with Gasteiger partial charge in [0.15, 0.2) is 0 Å². The first kappa shape index (κ1) is 15.0. The highest BCUT2D eigenvalue weighted by atomic mass is 79.9. The summed E-state index contributed by atoms with van der Waals surface area (Å²) in [5.41, 5.74) is 2.50. The van der Waals surface area contributed by atoms with Crippen molar-refractivity contribution in [3.8, 4) is 5.75 Å². The Morgan fingerprint density at radius 2 is 2.32 bits per heavy atom. The Kier molecular flexibility index (Phi) is 4.11. The Morgan fingerprint density at radius 3 is 3.09 bits per heavy atom. The van der Waals surface area contributed by atoms with Crippen LogP contribution in [0.2, 0.25) is 0 Å². The number of rotatable bonds is 2. The van der Waals surface area contributed by atoms with Gasteiger partial charge in [0.1, 0.15) is 18.2 Å². The number of anilines is 1. The Labute approximate surface area is 136 Å². The summed E-state index contributed by atoms with van der Waals surface area (Å²) in [6.07, 6.45) is 3.66. The van der Waals surface area contributed by atoms with E-state index in [4.69, 9.17) is 4.74 Å². The Morgan fingerprint density at radius 1 is 1.50 bits per heavy atom. The first-order chi connectivity index (χ1) is 10.6. The van der Waals surface area contributed by atoms with Crippen molar-refractivity contribution >= 4 is 27.5 Å². The summed E-state index contributed by atoms with van der Waals surface area (Å²) in [6, 6.07) is 4.76. The highest BCUT2D eigenvalue weighted by Crippen LogP contribution is 2.36. The summed E-state index contributed by atoms with van der Waals surface area (Å²) in [6.45, 7) is 2.75. The van der Waals surface area contributed by atoms with Crippen LogP contribution in [0.3, 0.4) is 0 Å². The van der Waals surface area contributed by atoms with Gasteiger partial charge in [0.05, 0.1) is 23.1 Å². The molecule has 1 aliphatic heterocycles. The van der Waals surface area contributed by atoms with E-state index in [1.807, 2.05) is 13.0 Å². The minimum atomic E-state index is -0.406. The van der Waals surface area contributed by atoms with Crippen LogP contribution in [0.4, 0.5) is 10.1 Å². The largest absolute Gasteiger partial charge is 0.489 e. The van der Waals surface area contributed by atoms with Crippen molar-refractivity contribution < 1.29 is 13.9 Å². The second-order valence-electron chi connectivity index (χ2n) is 5.11. The zero-order valence-corrected chi connectivity index (χ0v) is 13.6. The summed E-state index contributed by atoms with van der Waals surface area (Å²) in [4.78, 5) is 18.3. The molecule has 0 unspecified atom stereocenters. The molecule has 2 aromatic rings. The third kappa shape index (κ3) is 2.83. The standard InChI is InChI=1S/C16H14BrFN2O2/c1-10-2-3-19-9-11(10)6-16(21)20-4-5-22-15-8-13(18)12(17)7-14(15)20/h2-3,7-9H,4-6H2,1H3. The number of benzene rings is 1. The number of halogens is 2. The molecule has 114 valence electrons. The fraction of sp³-hybridized carbons (Fsp3) is 0.250. The van der Waals surface area contributed by atoms with Gasteiger partial charge < -0.3 is 9.64 Å². The lowest BCUT2D eigenvalue weighted by molar-refractivity contribution is -0.118. The first-order valence-electron chi connectivity index (χ1n) is 6.88. The van der Waals surface area contributed by atoms with Gasteiger partial charge in [-0.3, -0.25) is 9.78 Å². The monoisotopic (exact) mass is 364 g/mol. The number of amides is 1. The SMILES string of the molecule is Cc1ccncc1CC(=O)N1CCOc2cc(F)c(Br)cc21. The average molecular weight is 365 g/mol. The van der Waals surface area contributed by atoms with Crippen molar-refractivity contribution in [2.75, 3.05) is 18.1 Å². The lowest BCUT2D eigenvalue weighted by atomic mass is 10.1. The van der Waals surface area contributed by atoms with Crippen LogP contribution in [0.5, 0.6) is 5.75 Å². The number of carbonyl (C=O) groups is 1. The van der Waals surface area contributed by atoms with Crippen molar-refractivity contribution in [3.05, 3.63) is 52.0 Å². The Balaban J connectivity index is 1.89.